The maximum Gasteiger partial charge on any atom is 0.305 e. The van der Waals surface area contributed by atoms with Crippen LogP contribution in [0.2, 0.25) is 0 Å². The van der Waals surface area contributed by atoms with Crippen LogP contribution in [0.3, 0.4) is 0 Å². The summed E-state index contributed by atoms with van der Waals surface area (Å²) in [5.74, 6) is -0.154. The van der Waals surface area contributed by atoms with Crippen molar-refractivity contribution in [3.63, 3.8) is 0 Å². The smallest absolute Gasteiger partial charge is 0.305 e. The van der Waals surface area contributed by atoms with Gasteiger partial charge >= 0.3 is 5.97 Å². The zero-order chi connectivity index (χ0) is 11.8. The summed E-state index contributed by atoms with van der Waals surface area (Å²) >= 11 is 4.47. The third-order valence-electron chi connectivity index (χ3n) is 2.52. The van der Waals surface area contributed by atoms with Crippen LogP contribution >= 0.6 is 12.6 Å². The Kier molecular flexibility index (Phi) is 6.01. The van der Waals surface area contributed by atoms with Crippen LogP contribution in [-0.2, 0) is 16.0 Å². The van der Waals surface area contributed by atoms with E-state index in [0.29, 0.717) is 6.42 Å². The molecule has 2 nitrogen and oxygen atoms in total. The van der Waals surface area contributed by atoms with Crippen molar-refractivity contribution in [1.29, 1.82) is 0 Å². The molecule has 3 heteroatoms. The Hall–Kier alpha value is -0.960. The van der Waals surface area contributed by atoms with E-state index in [2.05, 4.69) is 29.5 Å². The highest BCUT2D eigenvalue weighted by molar-refractivity contribution is 7.80. The molecule has 0 amide bonds. The number of carbonyl (C=O) groups is 1. The Morgan fingerprint density at radius 1 is 1.31 bits per heavy atom. The molecule has 0 saturated carbocycles. The zero-order valence-corrected chi connectivity index (χ0v) is 10.5. The zero-order valence-electron chi connectivity index (χ0n) is 9.56. The molecule has 1 aromatic carbocycles. The molecule has 0 aliphatic rings. The van der Waals surface area contributed by atoms with Crippen molar-refractivity contribution in [2.45, 2.75) is 30.9 Å². The van der Waals surface area contributed by atoms with Gasteiger partial charge in [-0.15, -0.1) is 0 Å². The molecule has 1 aromatic rings. The number of carbonyl (C=O) groups excluding carboxylic acids is 1. The second-order valence-corrected chi connectivity index (χ2v) is 4.52. The van der Waals surface area contributed by atoms with Gasteiger partial charge in [-0.25, -0.2) is 0 Å². The van der Waals surface area contributed by atoms with E-state index in [1.165, 1.54) is 12.7 Å². The molecule has 0 saturated heterocycles. The van der Waals surface area contributed by atoms with Crippen LogP contribution in [0.5, 0.6) is 0 Å². The van der Waals surface area contributed by atoms with Gasteiger partial charge in [0.05, 0.1) is 7.11 Å². The van der Waals surface area contributed by atoms with Crippen molar-refractivity contribution < 1.29 is 9.53 Å². The summed E-state index contributed by atoms with van der Waals surface area (Å²) in [6.07, 6.45) is 3.24. The van der Waals surface area contributed by atoms with E-state index in [1.54, 1.807) is 0 Å². The molecule has 16 heavy (non-hydrogen) atoms. The van der Waals surface area contributed by atoms with Crippen LogP contribution in [0.1, 0.15) is 24.8 Å². The number of ether oxygens (including phenoxy) is 1. The van der Waals surface area contributed by atoms with Crippen molar-refractivity contribution >= 4 is 18.6 Å². The number of methoxy groups -OCH3 is 1. The van der Waals surface area contributed by atoms with Gasteiger partial charge < -0.3 is 4.74 Å². The number of rotatable bonds is 6. The van der Waals surface area contributed by atoms with Gasteiger partial charge in [0.25, 0.3) is 0 Å². The summed E-state index contributed by atoms with van der Waals surface area (Å²) in [5, 5.41) is 0.263. The molecule has 0 bridgehead atoms. The molecule has 0 fully saturated rings. The number of hydrogen-bond acceptors (Lipinski definition) is 3. The highest BCUT2D eigenvalue weighted by atomic mass is 32.1. The van der Waals surface area contributed by atoms with Gasteiger partial charge in [0, 0.05) is 11.7 Å². The topological polar surface area (TPSA) is 26.3 Å². The molecule has 0 aliphatic carbocycles. The normalized spacial score (nSPS) is 12.1. The van der Waals surface area contributed by atoms with Crippen LogP contribution in [0.4, 0.5) is 0 Å². The fourth-order valence-electron chi connectivity index (χ4n) is 1.51. The third-order valence-corrected chi connectivity index (χ3v) is 3.03. The number of aryl methyl sites for hydroxylation is 1. The van der Waals surface area contributed by atoms with Crippen LogP contribution < -0.4 is 0 Å². The Morgan fingerprint density at radius 2 is 2.00 bits per heavy atom. The first-order valence-corrected chi connectivity index (χ1v) is 6.03. The summed E-state index contributed by atoms with van der Waals surface area (Å²) in [7, 11) is 1.42. The molecule has 0 aliphatic heterocycles. The molecule has 0 radical (unpaired) electrons. The van der Waals surface area contributed by atoms with E-state index in [9.17, 15) is 4.79 Å². The minimum Gasteiger partial charge on any atom is -0.469 e. The number of hydrogen-bond donors (Lipinski definition) is 1. The van der Waals surface area contributed by atoms with Gasteiger partial charge in [-0.05, 0) is 24.8 Å². The minimum absolute atomic E-state index is 0.154. The highest BCUT2D eigenvalue weighted by Gasteiger charge is 2.07. The summed E-state index contributed by atoms with van der Waals surface area (Å²) in [6, 6.07) is 10.3. The van der Waals surface area contributed by atoms with E-state index in [1.807, 2.05) is 18.2 Å². The highest BCUT2D eigenvalue weighted by Crippen LogP contribution is 2.13. The van der Waals surface area contributed by atoms with Crippen molar-refractivity contribution in [3.8, 4) is 0 Å². The van der Waals surface area contributed by atoms with E-state index in [-0.39, 0.29) is 11.2 Å². The molecule has 0 N–H and O–H groups in total. The minimum atomic E-state index is -0.154. The molecule has 0 heterocycles. The van der Waals surface area contributed by atoms with E-state index in [4.69, 9.17) is 0 Å². The summed E-state index contributed by atoms with van der Waals surface area (Å²) in [6.45, 7) is 0. The SMILES string of the molecule is COC(=O)CCC(S)CCc1ccccc1. The average Bonchev–Trinajstić information content (AvgIpc) is 2.34. The third kappa shape index (κ3) is 5.21. The molecule has 88 valence electrons. The Morgan fingerprint density at radius 3 is 2.62 bits per heavy atom. The molecular formula is C13H18O2S. The van der Waals surface area contributed by atoms with Gasteiger partial charge in [-0.1, -0.05) is 30.3 Å². The lowest BCUT2D eigenvalue weighted by molar-refractivity contribution is -0.140. The predicted octanol–water partition coefficient (Wildman–Crippen LogP) is 2.87. The molecular weight excluding hydrogens is 220 g/mol. The van der Waals surface area contributed by atoms with E-state index < -0.39 is 0 Å². The lowest BCUT2D eigenvalue weighted by Gasteiger charge is -2.09. The van der Waals surface area contributed by atoms with Crippen LogP contribution in [-0.4, -0.2) is 18.3 Å². The van der Waals surface area contributed by atoms with Gasteiger partial charge in [-0.2, -0.15) is 12.6 Å². The summed E-state index contributed by atoms with van der Waals surface area (Å²) < 4.78 is 4.59. The second-order valence-electron chi connectivity index (χ2n) is 3.79. The first-order valence-electron chi connectivity index (χ1n) is 5.51. The van der Waals surface area contributed by atoms with Crippen molar-refractivity contribution in [1.82, 2.24) is 0 Å². The summed E-state index contributed by atoms with van der Waals surface area (Å²) in [4.78, 5) is 10.9. The lowest BCUT2D eigenvalue weighted by Crippen LogP contribution is -2.07. The largest absolute Gasteiger partial charge is 0.469 e. The van der Waals surface area contributed by atoms with Crippen LogP contribution in [0.15, 0.2) is 30.3 Å². The Labute approximate surface area is 102 Å². The first kappa shape index (κ1) is 13.1. The van der Waals surface area contributed by atoms with Crippen molar-refractivity contribution in [3.05, 3.63) is 35.9 Å². The molecule has 1 rings (SSSR count). The van der Waals surface area contributed by atoms with Gasteiger partial charge in [0.2, 0.25) is 0 Å². The van der Waals surface area contributed by atoms with E-state index >= 15 is 0 Å². The first-order chi connectivity index (χ1) is 7.72. The number of esters is 1. The standard InChI is InChI=1S/C13H18O2S/c1-15-13(14)10-9-12(16)8-7-11-5-3-2-4-6-11/h2-6,12,16H,7-10H2,1H3. The predicted molar refractivity (Wildman–Crippen MR) is 68.8 cm³/mol. The fourth-order valence-corrected chi connectivity index (χ4v) is 1.77. The maximum atomic E-state index is 10.9. The Bertz CT molecular complexity index is 311. The van der Waals surface area contributed by atoms with Gasteiger partial charge in [0.1, 0.15) is 0 Å². The average molecular weight is 238 g/mol. The number of thiol groups is 1. The van der Waals surface area contributed by atoms with Crippen LogP contribution in [0, 0.1) is 0 Å². The van der Waals surface area contributed by atoms with Crippen molar-refractivity contribution in [2.75, 3.05) is 7.11 Å². The molecule has 0 aromatic heterocycles. The van der Waals surface area contributed by atoms with Gasteiger partial charge in [0.15, 0.2) is 0 Å². The molecule has 0 spiro atoms. The van der Waals surface area contributed by atoms with Crippen LogP contribution in [0.25, 0.3) is 0 Å². The lowest BCUT2D eigenvalue weighted by atomic mass is 10.1. The van der Waals surface area contributed by atoms with E-state index in [0.717, 1.165) is 19.3 Å². The molecule has 1 atom stereocenters. The Balaban J connectivity index is 2.20. The van der Waals surface area contributed by atoms with Gasteiger partial charge in [-0.3, -0.25) is 4.79 Å². The summed E-state index contributed by atoms with van der Waals surface area (Å²) in [5.41, 5.74) is 1.32. The fraction of sp³-hybridized carbons (Fsp3) is 0.462. The monoisotopic (exact) mass is 238 g/mol. The maximum absolute atomic E-state index is 10.9. The number of benzene rings is 1. The molecule has 1 unspecified atom stereocenters. The quantitative estimate of drug-likeness (QED) is 0.609. The van der Waals surface area contributed by atoms with Crippen molar-refractivity contribution in [2.24, 2.45) is 0 Å². The second kappa shape index (κ2) is 7.34.